The Morgan fingerprint density at radius 2 is 1.61 bits per heavy atom. The van der Waals surface area contributed by atoms with Crippen LogP contribution in [0.4, 0.5) is 0 Å². The molecule has 1 aliphatic heterocycles. The highest BCUT2D eigenvalue weighted by atomic mass is 16.5. The summed E-state index contributed by atoms with van der Waals surface area (Å²) in [5.41, 5.74) is 1.91. The molecule has 7 heteroatoms. The first-order valence-electron chi connectivity index (χ1n) is 12.7. The SMILES string of the molecule is CCOc1cccc(C2/C(=C(/O)c3cccc(OCC(C)C)c3)C(=O)C(=O)N2Cc2ccc(OC)cc2)c1. The minimum Gasteiger partial charge on any atom is -0.507 e. The van der Waals surface area contributed by atoms with Crippen LogP contribution < -0.4 is 14.2 Å². The normalized spacial score (nSPS) is 16.7. The number of carbonyl (C=O) groups is 2. The van der Waals surface area contributed by atoms with Crippen LogP contribution in [0.2, 0.25) is 0 Å². The number of methoxy groups -OCH3 is 1. The number of amides is 1. The Morgan fingerprint density at radius 3 is 2.26 bits per heavy atom. The second kappa shape index (κ2) is 11.9. The highest BCUT2D eigenvalue weighted by Gasteiger charge is 2.46. The maximum atomic E-state index is 13.4. The average Bonchev–Trinajstić information content (AvgIpc) is 3.17. The highest BCUT2D eigenvalue weighted by molar-refractivity contribution is 6.46. The lowest BCUT2D eigenvalue weighted by Gasteiger charge is -2.26. The molecule has 3 aromatic rings. The van der Waals surface area contributed by atoms with Gasteiger partial charge < -0.3 is 24.2 Å². The number of aliphatic hydroxyl groups is 1. The molecule has 0 radical (unpaired) electrons. The third-order valence-corrected chi connectivity index (χ3v) is 6.23. The Bertz CT molecular complexity index is 1330. The lowest BCUT2D eigenvalue weighted by Crippen LogP contribution is -2.29. The van der Waals surface area contributed by atoms with E-state index in [0.29, 0.717) is 47.5 Å². The molecular weight excluding hydrogens is 482 g/mol. The molecule has 1 N–H and O–H groups in total. The number of carbonyl (C=O) groups excluding carboxylic acids is 2. The minimum absolute atomic E-state index is 0.0261. The molecule has 1 amide bonds. The molecule has 1 fully saturated rings. The van der Waals surface area contributed by atoms with Crippen molar-refractivity contribution in [1.82, 2.24) is 4.90 Å². The van der Waals surface area contributed by atoms with Crippen molar-refractivity contribution in [2.75, 3.05) is 20.3 Å². The zero-order valence-electron chi connectivity index (χ0n) is 22.1. The summed E-state index contributed by atoms with van der Waals surface area (Å²) < 4.78 is 16.7. The van der Waals surface area contributed by atoms with Gasteiger partial charge in [-0.3, -0.25) is 9.59 Å². The van der Waals surface area contributed by atoms with Crippen molar-refractivity contribution in [1.29, 1.82) is 0 Å². The van der Waals surface area contributed by atoms with Crippen LogP contribution in [0.1, 0.15) is 43.5 Å². The van der Waals surface area contributed by atoms with Gasteiger partial charge >= 0.3 is 0 Å². The monoisotopic (exact) mass is 515 g/mol. The molecule has 0 aromatic heterocycles. The van der Waals surface area contributed by atoms with Gasteiger partial charge in [0.05, 0.1) is 31.9 Å². The minimum atomic E-state index is -0.808. The van der Waals surface area contributed by atoms with Gasteiger partial charge in [0.15, 0.2) is 0 Å². The number of hydrogen-bond acceptors (Lipinski definition) is 6. The van der Waals surface area contributed by atoms with E-state index in [0.717, 1.165) is 5.56 Å². The van der Waals surface area contributed by atoms with Gasteiger partial charge in [0.2, 0.25) is 0 Å². The zero-order chi connectivity index (χ0) is 27.2. The Hall–Kier alpha value is -4.26. The number of ether oxygens (including phenoxy) is 3. The zero-order valence-corrected chi connectivity index (χ0v) is 22.1. The van der Waals surface area contributed by atoms with E-state index in [4.69, 9.17) is 14.2 Å². The summed E-state index contributed by atoms with van der Waals surface area (Å²) in [5.74, 6) is 0.541. The van der Waals surface area contributed by atoms with Crippen molar-refractivity contribution in [2.45, 2.75) is 33.4 Å². The summed E-state index contributed by atoms with van der Waals surface area (Å²) in [5, 5.41) is 11.4. The maximum Gasteiger partial charge on any atom is 0.295 e. The van der Waals surface area contributed by atoms with Crippen LogP contribution in [0.5, 0.6) is 17.2 Å². The van der Waals surface area contributed by atoms with E-state index >= 15 is 0 Å². The van der Waals surface area contributed by atoms with E-state index in [2.05, 4.69) is 0 Å². The first-order valence-corrected chi connectivity index (χ1v) is 12.7. The fourth-order valence-corrected chi connectivity index (χ4v) is 4.41. The van der Waals surface area contributed by atoms with Gasteiger partial charge in [-0.15, -0.1) is 0 Å². The molecular formula is C31H33NO6. The van der Waals surface area contributed by atoms with E-state index in [-0.39, 0.29) is 17.9 Å². The summed E-state index contributed by atoms with van der Waals surface area (Å²) in [6, 6.07) is 20.7. The van der Waals surface area contributed by atoms with Gasteiger partial charge in [-0.1, -0.05) is 50.2 Å². The number of nitrogens with zero attached hydrogens (tertiary/aromatic N) is 1. The van der Waals surface area contributed by atoms with E-state index in [1.807, 2.05) is 51.1 Å². The number of likely N-dealkylation sites (tertiary alicyclic amines) is 1. The second-order valence-corrected chi connectivity index (χ2v) is 9.51. The molecule has 1 unspecified atom stereocenters. The first kappa shape index (κ1) is 26.8. The van der Waals surface area contributed by atoms with Gasteiger partial charge in [-0.05, 0) is 60.4 Å². The summed E-state index contributed by atoms with van der Waals surface area (Å²) in [7, 11) is 1.59. The molecule has 38 heavy (non-hydrogen) atoms. The summed E-state index contributed by atoms with van der Waals surface area (Å²) in [6.07, 6.45) is 0. The maximum absolute atomic E-state index is 13.4. The van der Waals surface area contributed by atoms with Crippen LogP contribution in [0.25, 0.3) is 5.76 Å². The number of Topliss-reactive ketones (excluding diaryl/α,β-unsaturated/α-hetero) is 1. The predicted octanol–water partition coefficient (Wildman–Crippen LogP) is 5.75. The smallest absolute Gasteiger partial charge is 0.295 e. The molecule has 0 aliphatic carbocycles. The first-order chi connectivity index (χ1) is 18.3. The van der Waals surface area contributed by atoms with Crippen LogP contribution in [-0.2, 0) is 16.1 Å². The van der Waals surface area contributed by atoms with E-state index < -0.39 is 17.7 Å². The molecule has 4 rings (SSSR count). The Labute approximate surface area is 223 Å². The molecule has 1 heterocycles. The fourth-order valence-electron chi connectivity index (χ4n) is 4.41. The van der Waals surface area contributed by atoms with E-state index in [9.17, 15) is 14.7 Å². The van der Waals surface area contributed by atoms with E-state index in [1.54, 1.807) is 49.6 Å². The van der Waals surface area contributed by atoms with Crippen molar-refractivity contribution in [2.24, 2.45) is 5.92 Å². The summed E-state index contributed by atoms with van der Waals surface area (Å²) in [4.78, 5) is 28.3. The average molecular weight is 516 g/mol. The largest absolute Gasteiger partial charge is 0.507 e. The fraction of sp³-hybridized carbons (Fsp3) is 0.290. The molecule has 3 aromatic carbocycles. The summed E-state index contributed by atoms with van der Waals surface area (Å²) in [6.45, 7) is 7.14. The van der Waals surface area contributed by atoms with E-state index in [1.165, 1.54) is 4.90 Å². The van der Waals surface area contributed by atoms with Crippen molar-refractivity contribution in [3.05, 3.63) is 95.1 Å². The quantitative estimate of drug-likeness (QED) is 0.210. The molecule has 1 aliphatic rings. The van der Waals surface area contributed by atoms with Crippen molar-refractivity contribution >= 4 is 17.4 Å². The van der Waals surface area contributed by atoms with Gasteiger partial charge in [-0.2, -0.15) is 0 Å². The molecule has 1 atom stereocenters. The second-order valence-electron chi connectivity index (χ2n) is 9.51. The number of aliphatic hydroxyl groups excluding tert-OH is 1. The highest BCUT2D eigenvalue weighted by Crippen LogP contribution is 2.41. The van der Waals surface area contributed by atoms with Crippen LogP contribution in [0.15, 0.2) is 78.4 Å². The predicted molar refractivity (Wildman–Crippen MR) is 145 cm³/mol. The number of hydrogen-bond donors (Lipinski definition) is 1. The Morgan fingerprint density at radius 1 is 0.921 bits per heavy atom. The van der Waals surface area contributed by atoms with Crippen LogP contribution in [0, 0.1) is 5.92 Å². The number of benzene rings is 3. The molecule has 0 spiro atoms. The van der Waals surface area contributed by atoms with Crippen LogP contribution >= 0.6 is 0 Å². The van der Waals surface area contributed by atoms with Crippen molar-refractivity contribution in [3.8, 4) is 17.2 Å². The van der Waals surface area contributed by atoms with Crippen LogP contribution in [0.3, 0.4) is 0 Å². The standard InChI is InChI=1S/C31H33NO6/c1-5-37-25-10-6-8-22(16-25)28-27(29(33)23-9-7-11-26(17-23)38-19-20(2)3)30(34)31(35)32(28)18-21-12-14-24(36-4)15-13-21/h6-17,20,28,33H,5,18-19H2,1-4H3/b29-27-. The molecule has 7 nitrogen and oxygen atoms in total. The topological polar surface area (TPSA) is 85.3 Å². The third-order valence-electron chi connectivity index (χ3n) is 6.23. The van der Waals surface area contributed by atoms with Gasteiger partial charge in [0, 0.05) is 12.1 Å². The van der Waals surface area contributed by atoms with Gasteiger partial charge in [-0.25, -0.2) is 0 Å². The lowest BCUT2D eigenvalue weighted by molar-refractivity contribution is -0.140. The summed E-state index contributed by atoms with van der Waals surface area (Å²) >= 11 is 0. The Kier molecular flexibility index (Phi) is 8.36. The van der Waals surface area contributed by atoms with Gasteiger partial charge in [0.25, 0.3) is 11.7 Å². The number of ketones is 1. The molecule has 198 valence electrons. The van der Waals surface area contributed by atoms with Gasteiger partial charge in [0.1, 0.15) is 23.0 Å². The third kappa shape index (κ3) is 5.83. The Balaban J connectivity index is 1.80. The molecule has 0 saturated carbocycles. The number of rotatable bonds is 10. The van der Waals surface area contributed by atoms with Crippen molar-refractivity contribution in [3.63, 3.8) is 0 Å². The van der Waals surface area contributed by atoms with Crippen molar-refractivity contribution < 1.29 is 28.9 Å². The molecule has 1 saturated heterocycles. The lowest BCUT2D eigenvalue weighted by atomic mass is 9.95. The molecule has 0 bridgehead atoms. The van der Waals surface area contributed by atoms with Crippen LogP contribution in [-0.4, -0.2) is 42.0 Å².